The van der Waals surface area contributed by atoms with Crippen molar-refractivity contribution in [3.63, 3.8) is 0 Å². The third kappa shape index (κ3) is 3.53. The third-order valence-electron chi connectivity index (χ3n) is 6.39. The van der Waals surface area contributed by atoms with Crippen molar-refractivity contribution in [3.8, 4) is 0 Å². The van der Waals surface area contributed by atoms with Crippen LogP contribution in [0.1, 0.15) is 42.0 Å². The fourth-order valence-electron chi connectivity index (χ4n) is 4.73. The molecule has 28 heavy (non-hydrogen) atoms. The van der Waals surface area contributed by atoms with E-state index >= 15 is 0 Å². The summed E-state index contributed by atoms with van der Waals surface area (Å²) >= 11 is 0. The summed E-state index contributed by atoms with van der Waals surface area (Å²) in [5.74, 6) is 0. The van der Waals surface area contributed by atoms with Crippen LogP contribution in [0.25, 0.3) is 0 Å². The van der Waals surface area contributed by atoms with Crippen LogP contribution in [0.4, 0.5) is 10.5 Å². The first-order chi connectivity index (χ1) is 13.5. The van der Waals surface area contributed by atoms with Gasteiger partial charge in [-0.1, -0.05) is 47.5 Å². The highest BCUT2D eigenvalue weighted by molar-refractivity contribution is 5.95. The number of hydrogen-bond donors (Lipinski definition) is 1. The van der Waals surface area contributed by atoms with Gasteiger partial charge in [-0.2, -0.15) is 0 Å². The van der Waals surface area contributed by atoms with Crippen LogP contribution in [-0.4, -0.2) is 37.1 Å². The van der Waals surface area contributed by atoms with Gasteiger partial charge < -0.3 is 5.32 Å². The lowest BCUT2D eigenvalue weighted by Crippen LogP contribution is -2.47. The minimum atomic E-state index is 0.0339. The number of aryl methyl sites for hydroxylation is 2. The van der Waals surface area contributed by atoms with Crippen LogP contribution >= 0.6 is 0 Å². The van der Waals surface area contributed by atoms with Gasteiger partial charge in [-0.25, -0.2) is 4.79 Å². The van der Waals surface area contributed by atoms with Crippen LogP contribution in [-0.2, 0) is 12.0 Å². The quantitative estimate of drug-likeness (QED) is 0.861. The first-order valence-corrected chi connectivity index (χ1v) is 10.5. The lowest BCUT2D eigenvalue weighted by atomic mass is 9.74. The molecule has 4 nitrogen and oxygen atoms in total. The number of piperidine rings is 1. The Hall–Kier alpha value is -2.33. The molecular formula is C24H31N3O. The number of fused-ring (bicyclic) bond motifs is 2. The topological polar surface area (TPSA) is 35.6 Å². The molecule has 0 atom stereocenters. The first kappa shape index (κ1) is 19.0. The summed E-state index contributed by atoms with van der Waals surface area (Å²) in [6.45, 7) is 10.9. The molecule has 0 bridgehead atoms. The van der Waals surface area contributed by atoms with E-state index in [1.54, 1.807) is 0 Å². The minimum absolute atomic E-state index is 0.0339. The molecule has 4 rings (SSSR count). The second-order valence-electron chi connectivity index (χ2n) is 8.48. The average Bonchev–Trinajstić information content (AvgIpc) is 2.99. The van der Waals surface area contributed by atoms with Gasteiger partial charge in [0.2, 0.25) is 0 Å². The number of amides is 2. The van der Waals surface area contributed by atoms with E-state index in [-0.39, 0.29) is 11.4 Å². The molecule has 2 aromatic carbocycles. The Morgan fingerprint density at radius 3 is 2.39 bits per heavy atom. The molecule has 148 valence electrons. The average molecular weight is 378 g/mol. The number of nitrogens with one attached hydrogen (secondary N) is 1. The number of nitrogens with zero attached hydrogens (tertiary/aromatic N) is 2. The molecule has 4 heteroatoms. The number of carbonyl (C=O) groups excluding carboxylic acids is 1. The highest BCUT2D eigenvalue weighted by Gasteiger charge is 2.46. The molecule has 0 aromatic heterocycles. The Bertz CT molecular complexity index is 851. The Morgan fingerprint density at radius 1 is 1.04 bits per heavy atom. The number of likely N-dealkylation sites (tertiary alicyclic amines) is 1. The third-order valence-corrected chi connectivity index (χ3v) is 6.39. The number of rotatable bonds is 3. The number of urea groups is 1. The maximum Gasteiger partial charge on any atom is 0.321 e. The van der Waals surface area contributed by atoms with Gasteiger partial charge in [0, 0.05) is 30.7 Å². The summed E-state index contributed by atoms with van der Waals surface area (Å²) in [5.41, 5.74) is 6.53. The summed E-state index contributed by atoms with van der Waals surface area (Å²) in [6.07, 6.45) is 2.20. The van der Waals surface area contributed by atoms with Gasteiger partial charge in [-0.05, 0) is 63.9 Å². The normalized spacial score (nSPS) is 18.3. The van der Waals surface area contributed by atoms with Gasteiger partial charge in [-0.15, -0.1) is 0 Å². The van der Waals surface area contributed by atoms with E-state index in [0.29, 0.717) is 6.54 Å². The van der Waals surface area contributed by atoms with Crippen molar-refractivity contribution in [1.82, 2.24) is 10.2 Å². The van der Waals surface area contributed by atoms with E-state index in [0.717, 1.165) is 44.7 Å². The van der Waals surface area contributed by atoms with E-state index in [4.69, 9.17) is 0 Å². The number of carbonyl (C=O) groups is 1. The lowest BCUT2D eigenvalue weighted by molar-refractivity contribution is 0.159. The van der Waals surface area contributed by atoms with Crippen molar-refractivity contribution in [2.24, 2.45) is 0 Å². The Morgan fingerprint density at radius 2 is 1.71 bits per heavy atom. The molecule has 0 radical (unpaired) electrons. The predicted molar refractivity (Wildman–Crippen MR) is 115 cm³/mol. The first-order valence-electron chi connectivity index (χ1n) is 10.5. The second-order valence-corrected chi connectivity index (χ2v) is 8.48. The highest BCUT2D eigenvalue weighted by atomic mass is 16.2. The minimum Gasteiger partial charge on any atom is -0.338 e. The van der Waals surface area contributed by atoms with Crippen molar-refractivity contribution in [1.29, 1.82) is 0 Å². The summed E-state index contributed by atoms with van der Waals surface area (Å²) in [4.78, 5) is 17.2. The van der Waals surface area contributed by atoms with Gasteiger partial charge in [-0.3, -0.25) is 9.80 Å². The molecule has 2 heterocycles. The van der Waals surface area contributed by atoms with Crippen LogP contribution in [0.2, 0.25) is 0 Å². The SMILES string of the molecule is CCNC(=O)N1CC2(CCN(Cc3ccc(C)cc3)CC2)c2cc(C)ccc21. The van der Waals surface area contributed by atoms with Gasteiger partial charge in [0.25, 0.3) is 0 Å². The molecule has 1 saturated heterocycles. The Kier molecular flexibility index (Phi) is 5.15. The monoisotopic (exact) mass is 377 g/mol. The van der Waals surface area contributed by atoms with Crippen LogP contribution in [0, 0.1) is 13.8 Å². The largest absolute Gasteiger partial charge is 0.338 e. The summed E-state index contributed by atoms with van der Waals surface area (Å²) in [7, 11) is 0. The van der Waals surface area contributed by atoms with Crippen molar-refractivity contribution < 1.29 is 4.79 Å². The van der Waals surface area contributed by atoms with Gasteiger partial charge in [0.05, 0.1) is 0 Å². The van der Waals surface area contributed by atoms with Crippen molar-refractivity contribution >= 4 is 11.7 Å². The van der Waals surface area contributed by atoms with Crippen LogP contribution in [0.5, 0.6) is 0 Å². The molecule has 2 aromatic rings. The molecule has 1 N–H and O–H groups in total. The Balaban J connectivity index is 1.52. The number of hydrogen-bond acceptors (Lipinski definition) is 2. The van der Waals surface area contributed by atoms with Crippen LogP contribution in [0.3, 0.4) is 0 Å². The van der Waals surface area contributed by atoms with Crippen molar-refractivity contribution in [3.05, 3.63) is 64.7 Å². The maximum atomic E-state index is 12.7. The predicted octanol–water partition coefficient (Wildman–Crippen LogP) is 4.39. The molecule has 0 unspecified atom stereocenters. The maximum absolute atomic E-state index is 12.7. The van der Waals surface area contributed by atoms with E-state index in [9.17, 15) is 4.79 Å². The van der Waals surface area contributed by atoms with Gasteiger partial charge in [0.1, 0.15) is 0 Å². The van der Waals surface area contributed by atoms with E-state index in [1.165, 1.54) is 22.3 Å². The molecule has 2 aliphatic rings. The van der Waals surface area contributed by atoms with Crippen LogP contribution < -0.4 is 10.2 Å². The zero-order chi connectivity index (χ0) is 19.7. The molecule has 1 fully saturated rings. The zero-order valence-corrected chi connectivity index (χ0v) is 17.3. The van der Waals surface area contributed by atoms with Gasteiger partial charge >= 0.3 is 6.03 Å². The van der Waals surface area contributed by atoms with Crippen molar-refractivity contribution in [2.75, 3.05) is 31.1 Å². The highest BCUT2D eigenvalue weighted by Crippen LogP contribution is 2.47. The van der Waals surface area contributed by atoms with E-state index in [1.807, 2.05) is 11.8 Å². The summed E-state index contributed by atoms with van der Waals surface area (Å²) < 4.78 is 0. The molecule has 0 saturated carbocycles. The molecule has 2 amide bonds. The number of benzene rings is 2. The van der Waals surface area contributed by atoms with E-state index in [2.05, 4.69) is 66.5 Å². The second kappa shape index (κ2) is 7.59. The van der Waals surface area contributed by atoms with Crippen molar-refractivity contribution in [2.45, 2.75) is 45.6 Å². The standard InChI is InChI=1S/C24H31N3O/c1-4-25-23(28)27-17-24(21-15-19(3)7-10-22(21)27)11-13-26(14-12-24)16-20-8-5-18(2)6-9-20/h5-10,15H,4,11-14,16-17H2,1-3H3,(H,25,28). The van der Waals surface area contributed by atoms with Crippen LogP contribution in [0.15, 0.2) is 42.5 Å². The summed E-state index contributed by atoms with van der Waals surface area (Å²) in [5, 5.41) is 2.99. The summed E-state index contributed by atoms with van der Waals surface area (Å²) in [6, 6.07) is 15.5. The van der Waals surface area contributed by atoms with Gasteiger partial charge in [0.15, 0.2) is 0 Å². The molecule has 2 aliphatic heterocycles. The lowest BCUT2D eigenvalue weighted by Gasteiger charge is -2.40. The molecular weight excluding hydrogens is 346 g/mol. The molecule has 0 aliphatic carbocycles. The molecule has 1 spiro atoms. The smallest absolute Gasteiger partial charge is 0.321 e. The zero-order valence-electron chi connectivity index (χ0n) is 17.3. The fourth-order valence-corrected chi connectivity index (χ4v) is 4.73. The fraction of sp³-hybridized carbons (Fsp3) is 0.458. The number of anilines is 1. The van der Waals surface area contributed by atoms with E-state index < -0.39 is 0 Å². The Labute approximate surface area is 168 Å².